The minimum Gasteiger partial charge on any atom is -0.350 e. The van der Waals surface area contributed by atoms with E-state index in [0.717, 1.165) is 17.8 Å². The molecule has 102 valence electrons. The minimum atomic E-state index is 0.149. The Bertz CT molecular complexity index is 294. The van der Waals surface area contributed by atoms with Crippen LogP contribution in [0.25, 0.3) is 0 Å². The van der Waals surface area contributed by atoms with Crippen LogP contribution in [0.3, 0.4) is 0 Å². The van der Waals surface area contributed by atoms with Crippen molar-refractivity contribution in [2.45, 2.75) is 44.1 Å². The van der Waals surface area contributed by atoms with Crippen molar-refractivity contribution in [3.05, 3.63) is 0 Å². The van der Waals surface area contributed by atoms with Gasteiger partial charge in [0.25, 0.3) is 0 Å². The van der Waals surface area contributed by atoms with Crippen LogP contribution in [0.15, 0.2) is 0 Å². The zero-order chi connectivity index (χ0) is 12.6. The summed E-state index contributed by atoms with van der Waals surface area (Å²) in [5.41, 5.74) is 5.56. The summed E-state index contributed by atoms with van der Waals surface area (Å²) >= 11 is 0. The highest BCUT2D eigenvalue weighted by Gasteiger charge is 2.51. The van der Waals surface area contributed by atoms with Gasteiger partial charge < -0.3 is 16.4 Å². The van der Waals surface area contributed by atoms with Gasteiger partial charge in [0.1, 0.15) is 0 Å². The third-order valence-corrected chi connectivity index (χ3v) is 5.05. The summed E-state index contributed by atoms with van der Waals surface area (Å²) in [6, 6.07) is 0. The SMILES string of the molecule is NCCNCC(=O)NC12CC3CC(CC(C3)C1)C2. The maximum atomic E-state index is 12.0. The number of hydrogen-bond donors (Lipinski definition) is 3. The van der Waals surface area contributed by atoms with Crippen LogP contribution in [0.5, 0.6) is 0 Å². The second-order valence-corrected chi connectivity index (χ2v) is 6.71. The van der Waals surface area contributed by atoms with Crippen LogP contribution in [0.2, 0.25) is 0 Å². The molecule has 0 radical (unpaired) electrons. The normalized spacial score (nSPS) is 41.1. The van der Waals surface area contributed by atoms with Gasteiger partial charge >= 0.3 is 0 Å². The Morgan fingerprint density at radius 1 is 1.11 bits per heavy atom. The van der Waals surface area contributed by atoms with Gasteiger partial charge in [-0.05, 0) is 56.3 Å². The first-order valence-corrected chi connectivity index (χ1v) is 7.41. The monoisotopic (exact) mass is 251 g/mol. The Balaban J connectivity index is 1.57. The molecule has 0 atom stereocenters. The molecule has 0 aromatic rings. The first-order valence-electron chi connectivity index (χ1n) is 7.41. The van der Waals surface area contributed by atoms with Crippen molar-refractivity contribution in [2.24, 2.45) is 23.5 Å². The van der Waals surface area contributed by atoms with Crippen LogP contribution in [-0.2, 0) is 4.79 Å². The molecule has 0 saturated heterocycles. The summed E-state index contributed by atoms with van der Waals surface area (Å²) < 4.78 is 0. The largest absolute Gasteiger partial charge is 0.350 e. The molecular formula is C14H25N3O. The molecular weight excluding hydrogens is 226 g/mol. The first-order chi connectivity index (χ1) is 8.69. The van der Waals surface area contributed by atoms with E-state index in [9.17, 15) is 4.79 Å². The molecule has 0 unspecified atom stereocenters. The summed E-state index contributed by atoms with van der Waals surface area (Å²) in [6.45, 7) is 1.72. The van der Waals surface area contributed by atoms with Crippen molar-refractivity contribution in [2.75, 3.05) is 19.6 Å². The molecule has 0 aromatic carbocycles. The number of nitrogens with two attached hydrogens (primary N) is 1. The van der Waals surface area contributed by atoms with Gasteiger partial charge in [0.2, 0.25) is 5.91 Å². The molecule has 4 N–H and O–H groups in total. The van der Waals surface area contributed by atoms with Gasteiger partial charge in [-0.25, -0.2) is 0 Å². The summed E-state index contributed by atoms with van der Waals surface area (Å²) in [7, 11) is 0. The van der Waals surface area contributed by atoms with Crippen molar-refractivity contribution in [3.8, 4) is 0 Å². The van der Waals surface area contributed by atoms with E-state index in [2.05, 4.69) is 10.6 Å². The van der Waals surface area contributed by atoms with Crippen molar-refractivity contribution in [1.82, 2.24) is 10.6 Å². The van der Waals surface area contributed by atoms with Gasteiger partial charge in [-0.1, -0.05) is 0 Å². The van der Waals surface area contributed by atoms with Gasteiger partial charge in [-0.2, -0.15) is 0 Å². The van der Waals surface area contributed by atoms with E-state index in [1.54, 1.807) is 0 Å². The molecule has 4 saturated carbocycles. The maximum Gasteiger partial charge on any atom is 0.234 e. The number of carbonyl (C=O) groups is 1. The predicted molar refractivity (Wildman–Crippen MR) is 71.0 cm³/mol. The summed E-state index contributed by atoms with van der Waals surface area (Å²) in [6.07, 6.45) is 7.92. The fourth-order valence-corrected chi connectivity index (χ4v) is 4.91. The van der Waals surface area contributed by atoms with Gasteiger partial charge in [0.05, 0.1) is 6.54 Å². The average Bonchev–Trinajstić information content (AvgIpc) is 2.26. The second-order valence-electron chi connectivity index (χ2n) is 6.71. The molecule has 4 aliphatic rings. The molecule has 18 heavy (non-hydrogen) atoms. The molecule has 4 heteroatoms. The fourth-order valence-electron chi connectivity index (χ4n) is 4.91. The Labute approximate surface area is 109 Å². The van der Waals surface area contributed by atoms with Crippen molar-refractivity contribution in [3.63, 3.8) is 0 Å². The zero-order valence-corrected chi connectivity index (χ0v) is 11.1. The van der Waals surface area contributed by atoms with E-state index < -0.39 is 0 Å². The number of amides is 1. The molecule has 4 bridgehead atoms. The molecule has 0 aliphatic heterocycles. The number of carbonyl (C=O) groups excluding carboxylic acids is 1. The molecule has 0 heterocycles. The van der Waals surface area contributed by atoms with Crippen molar-refractivity contribution in [1.29, 1.82) is 0 Å². The standard InChI is InChI=1S/C14H25N3O/c15-1-2-16-9-13(18)17-14-6-10-3-11(7-14)5-12(4-10)8-14/h10-12,16H,1-9,15H2,(H,17,18). The Morgan fingerprint density at radius 3 is 2.17 bits per heavy atom. The summed E-state index contributed by atoms with van der Waals surface area (Å²) in [4.78, 5) is 12.0. The molecule has 4 nitrogen and oxygen atoms in total. The lowest BCUT2D eigenvalue weighted by Gasteiger charge is -2.56. The lowest BCUT2D eigenvalue weighted by atomic mass is 9.53. The fraction of sp³-hybridized carbons (Fsp3) is 0.929. The Morgan fingerprint density at radius 2 is 1.67 bits per heavy atom. The average molecular weight is 251 g/mol. The highest BCUT2D eigenvalue weighted by Crippen LogP contribution is 2.55. The molecule has 1 amide bonds. The van der Waals surface area contributed by atoms with Crippen LogP contribution in [-0.4, -0.2) is 31.1 Å². The highest BCUT2D eigenvalue weighted by atomic mass is 16.2. The van der Waals surface area contributed by atoms with Crippen LogP contribution >= 0.6 is 0 Å². The van der Waals surface area contributed by atoms with Crippen molar-refractivity contribution >= 4 is 5.91 Å². The Kier molecular flexibility index (Phi) is 3.32. The smallest absolute Gasteiger partial charge is 0.234 e. The quantitative estimate of drug-likeness (QED) is 0.628. The van der Waals surface area contributed by atoms with Gasteiger partial charge in [0, 0.05) is 18.6 Å². The van der Waals surface area contributed by atoms with Gasteiger partial charge in [0.15, 0.2) is 0 Å². The van der Waals surface area contributed by atoms with E-state index in [0.29, 0.717) is 19.6 Å². The van der Waals surface area contributed by atoms with Crippen LogP contribution < -0.4 is 16.4 Å². The van der Waals surface area contributed by atoms with E-state index in [-0.39, 0.29) is 11.4 Å². The summed E-state index contributed by atoms with van der Waals surface area (Å²) in [5, 5.41) is 6.42. The molecule has 4 fully saturated rings. The van der Waals surface area contributed by atoms with Crippen LogP contribution in [0.1, 0.15) is 38.5 Å². The highest BCUT2D eigenvalue weighted by molar-refractivity contribution is 5.79. The van der Waals surface area contributed by atoms with E-state index in [1.165, 1.54) is 38.5 Å². The third-order valence-electron chi connectivity index (χ3n) is 5.05. The van der Waals surface area contributed by atoms with Crippen LogP contribution in [0.4, 0.5) is 0 Å². The van der Waals surface area contributed by atoms with Gasteiger partial charge in [-0.15, -0.1) is 0 Å². The van der Waals surface area contributed by atoms with E-state index >= 15 is 0 Å². The second kappa shape index (κ2) is 4.82. The Hall–Kier alpha value is -0.610. The molecule has 0 aromatic heterocycles. The van der Waals surface area contributed by atoms with E-state index in [4.69, 9.17) is 5.73 Å². The topological polar surface area (TPSA) is 67.1 Å². The zero-order valence-electron chi connectivity index (χ0n) is 11.1. The minimum absolute atomic E-state index is 0.149. The maximum absolute atomic E-state index is 12.0. The van der Waals surface area contributed by atoms with Crippen LogP contribution in [0, 0.1) is 17.8 Å². The first kappa shape index (κ1) is 12.4. The third kappa shape index (κ3) is 2.41. The van der Waals surface area contributed by atoms with E-state index in [1.807, 2.05) is 0 Å². The van der Waals surface area contributed by atoms with Crippen molar-refractivity contribution < 1.29 is 4.79 Å². The lowest BCUT2D eigenvalue weighted by Crippen LogP contribution is -2.60. The number of hydrogen-bond acceptors (Lipinski definition) is 3. The lowest BCUT2D eigenvalue weighted by molar-refractivity contribution is -0.125. The number of rotatable bonds is 5. The molecule has 4 rings (SSSR count). The molecule has 4 aliphatic carbocycles. The number of nitrogens with one attached hydrogen (secondary N) is 2. The summed E-state index contributed by atoms with van der Waals surface area (Å²) in [5.74, 6) is 2.81. The predicted octanol–water partition coefficient (Wildman–Crippen LogP) is 0.620. The van der Waals surface area contributed by atoms with Gasteiger partial charge in [-0.3, -0.25) is 4.79 Å². The molecule has 0 spiro atoms.